The van der Waals surface area contributed by atoms with Gasteiger partial charge in [-0.3, -0.25) is 9.59 Å². The lowest BCUT2D eigenvalue weighted by Gasteiger charge is -2.28. The van der Waals surface area contributed by atoms with E-state index in [0.717, 1.165) is 19.3 Å². The molecule has 0 aliphatic carbocycles. The predicted octanol–water partition coefficient (Wildman–Crippen LogP) is 0.224. The van der Waals surface area contributed by atoms with Crippen LogP contribution in [0.15, 0.2) is 0 Å². The molecule has 0 heterocycles. The summed E-state index contributed by atoms with van der Waals surface area (Å²) in [5, 5.41) is 8.91. The summed E-state index contributed by atoms with van der Waals surface area (Å²) in [6.45, 7) is 2.70. The molecule has 0 fully saturated rings. The van der Waals surface area contributed by atoms with E-state index in [2.05, 4.69) is 6.92 Å². The lowest BCUT2D eigenvalue weighted by atomic mass is 10.1. The number of halogens is 1. The van der Waals surface area contributed by atoms with Gasteiger partial charge < -0.3 is 26.7 Å². The standard InChI is InChI=1S/C17H33NO4.ClH/c1-5-6-7-8-9-10-11-12-17(21)22-15(13-16(19)20)14-18(2,3)4;/h15H,5-14H2,1-4H3;1H/t15-;/m0./s1. The molecule has 0 aromatic heterocycles. The summed E-state index contributed by atoms with van der Waals surface area (Å²) in [6.07, 6.45) is 7.76. The van der Waals surface area contributed by atoms with Crippen molar-refractivity contribution in [2.24, 2.45) is 0 Å². The molecule has 5 nitrogen and oxygen atoms in total. The van der Waals surface area contributed by atoms with Crippen LogP contribution in [0, 0.1) is 0 Å². The van der Waals surface area contributed by atoms with E-state index in [-0.39, 0.29) is 24.8 Å². The third kappa shape index (κ3) is 17.4. The average Bonchev–Trinajstić information content (AvgIpc) is 2.34. The smallest absolute Gasteiger partial charge is 0.307 e. The van der Waals surface area contributed by atoms with Crippen LogP contribution in [0.3, 0.4) is 0 Å². The quantitative estimate of drug-likeness (QED) is 0.293. The fourth-order valence-corrected chi connectivity index (χ4v) is 2.42. The Labute approximate surface area is 147 Å². The van der Waals surface area contributed by atoms with E-state index in [1.54, 1.807) is 0 Å². The minimum Gasteiger partial charge on any atom is -1.00 e. The Morgan fingerprint density at radius 3 is 2.00 bits per heavy atom. The maximum absolute atomic E-state index is 11.8. The minimum absolute atomic E-state index is 0. The number of likely N-dealkylation sites (N-methyl/N-ethyl adjacent to an activating group) is 1. The Kier molecular flexibility index (Phi) is 14.5. The fraction of sp³-hybridized carbons (Fsp3) is 0.882. The first-order valence-electron chi connectivity index (χ1n) is 8.46. The number of aliphatic carboxylic acids is 1. The van der Waals surface area contributed by atoms with Crippen LogP contribution in [0.5, 0.6) is 0 Å². The zero-order valence-electron chi connectivity index (χ0n) is 15.1. The number of carboxylic acids is 1. The van der Waals surface area contributed by atoms with Gasteiger partial charge in [-0.25, -0.2) is 0 Å². The second-order valence-corrected chi connectivity index (χ2v) is 7.05. The number of rotatable bonds is 13. The summed E-state index contributed by atoms with van der Waals surface area (Å²) in [5.41, 5.74) is 0. The number of unbranched alkanes of at least 4 members (excludes halogenated alkanes) is 6. The van der Waals surface area contributed by atoms with Crippen molar-refractivity contribution in [2.45, 2.75) is 70.8 Å². The molecular formula is C17H34ClNO4. The molecule has 0 rings (SSSR count). The lowest BCUT2D eigenvalue weighted by molar-refractivity contribution is -0.873. The third-order valence-electron chi connectivity index (χ3n) is 3.44. The van der Waals surface area contributed by atoms with Crippen molar-refractivity contribution in [1.29, 1.82) is 0 Å². The summed E-state index contributed by atoms with van der Waals surface area (Å²) in [7, 11) is 5.87. The van der Waals surface area contributed by atoms with Crippen molar-refractivity contribution in [2.75, 3.05) is 27.7 Å². The monoisotopic (exact) mass is 351 g/mol. The van der Waals surface area contributed by atoms with E-state index in [4.69, 9.17) is 9.84 Å². The Morgan fingerprint density at radius 1 is 1.00 bits per heavy atom. The van der Waals surface area contributed by atoms with E-state index in [1.165, 1.54) is 25.7 Å². The number of carbonyl (C=O) groups is 2. The highest BCUT2D eigenvalue weighted by atomic mass is 35.5. The van der Waals surface area contributed by atoms with E-state index >= 15 is 0 Å². The number of hydrogen-bond acceptors (Lipinski definition) is 3. The normalized spacial score (nSPS) is 12.3. The molecule has 0 aromatic rings. The first-order chi connectivity index (χ1) is 10.2. The van der Waals surface area contributed by atoms with Crippen LogP contribution in [0.2, 0.25) is 0 Å². The molecule has 0 saturated carbocycles. The van der Waals surface area contributed by atoms with Gasteiger partial charge in [-0.15, -0.1) is 0 Å². The molecule has 0 amide bonds. The first kappa shape index (κ1) is 24.4. The molecule has 0 unspecified atom stereocenters. The number of carboxylic acid groups (broad SMARTS) is 1. The SMILES string of the molecule is CCCCCCCCCC(=O)O[C@@H](CC(=O)O)C[N+](C)(C)C.[Cl-]. The number of nitrogens with zero attached hydrogens (tertiary/aromatic N) is 1. The van der Waals surface area contributed by atoms with Crippen LogP contribution in [-0.2, 0) is 14.3 Å². The van der Waals surface area contributed by atoms with Gasteiger partial charge >= 0.3 is 11.9 Å². The Bertz CT molecular complexity index is 329. The Hall–Kier alpha value is -0.810. The van der Waals surface area contributed by atoms with Crippen molar-refractivity contribution in [3.8, 4) is 0 Å². The second-order valence-electron chi connectivity index (χ2n) is 7.05. The molecule has 0 aromatic carbocycles. The van der Waals surface area contributed by atoms with Crippen LogP contribution in [0.25, 0.3) is 0 Å². The van der Waals surface area contributed by atoms with Crippen molar-refractivity contribution in [3.05, 3.63) is 0 Å². The van der Waals surface area contributed by atoms with Crippen molar-refractivity contribution < 1.29 is 36.3 Å². The van der Waals surface area contributed by atoms with Crippen LogP contribution in [0.4, 0.5) is 0 Å². The van der Waals surface area contributed by atoms with Crippen LogP contribution in [0.1, 0.15) is 64.7 Å². The van der Waals surface area contributed by atoms with E-state index in [0.29, 0.717) is 17.4 Å². The number of hydrogen-bond donors (Lipinski definition) is 1. The van der Waals surface area contributed by atoms with Gasteiger partial charge in [-0.05, 0) is 6.42 Å². The van der Waals surface area contributed by atoms with Gasteiger partial charge in [0.2, 0.25) is 0 Å². The molecule has 1 atom stereocenters. The topological polar surface area (TPSA) is 63.6 Å². The first-order valence-corrected chi connectivity index (χ1v) is 8.46. The summed E-state index contributed by atoms with van der Waals surface area (Å²) in [5.74, 6) is -1.20. The van der Waals surface area contributed by atoms with Gasteiger partial charge in [0.1, 0.15) is 6.54 Å². The number of esters is 1. The zero-order valence-corrected chi connectivity index (χ0v) is 15.9. The highest BCUT2D eigenvalue weighted by molar-refractivity contribution is 5.71. The van der Waals surface area contributed by atoms with Crippen LogP contribution in [-0.4, -0.2) is 55.3 Å². The van der Waals surface area contributed by atoms with Gasteiger partial charge in [-0.1, -0.05) is 45.4 Å². The largest absolute Gasteiger partial charge is 1.00 e. The maximum atomic E-state index is 11.8. The molecular weight excluding hydrogens is 318 g/mol. The third-order valence-corrected chi connectivity index (χ3v) is 3.44. The molecule has 0 radical (unpaired) electrons. The van der Waals surface area contributed by atoms with Gasteiger partial charge in [0.05, 0.1) is 27.6 Å². The Morgan fingerprint density at radius 2 is 1.52 bits per heavy atom. The summed E-state index contributed by atoms with van der Waals surface area (Å²) in [6, 6.07) is 0. The fourth-order valence-electron chi connectivity index (χ4n) is 2.42. The van der Waals surface area contributed by atoms with Crippen molar-refractivity contribution >= 4 is 11.9 Å². The molecule has 6 heteroatoms. The van der Waals surface area contributed by atoms with Gasteiger partial charge in [0, 0.05) is 6.42 Å². The van der Waals surface area contributed by atoms with E-state index in [9.17, 15) is 9.59 Å². The van der Waals surface area contributed by atoms with Gasteiger partial charge in [-0.2, -0.15) is 0 Å². The zero-order chi connectivity index (χ0) is 17.0. The van der Waals surface area contributed by atoms with Crippen molar-refractivity contribution in [3.63, 3.8) is 0 Å². The second kappa shape index (κ2) is 13.6. The van der Waals surface area contributed by atoms with Crippen LogP contribution >= 0.6 is 0 Å². The average molecular weight is 352 g/mol. The number of quaternary nitrogens is 1. The highest BCUT2D eigenvalue weighted by Gasteiger charge is 2.24. The summed E-state index contributed by atoms with van der Waals surface area (Å²) >= 11 is 0. The molecule has 0 bridgehead atoms. The van der Waals surface area contributed by atoms with Crippen molar-refractivity contribution in [1.82, 2.24) is 0 Å². The lowest BCUT2D eigenvalue weighted by Crippen LogP contribution is -3.00. The van der Waals surface area contributed by atoms with Gasteiger partial charge in [0.15, 0.2) is 6.10 Å². The molecule has 0 aliphatic heterocycles. The highest BCUT2D eigenvalue weighted by Crippen LogP contribution is 2.11. The number of carbonyl (C=O) groups excluding carboxylic acids is 1. The van der Waals surface area contributed by atoms with E-state index in [1.807, 2.05) is 21.1 Å². The molecule has 1 N–H and O–H groups in total. The predicted molar refractivity (Wildman–Crippen MR) is 87.6 cm³/mol. The summed E-state index contributed by atoms with van der Waals surface area (Å²) < 4.78 is 5.92. The molecule has 23 heavy (non-hydrogen) atoms. The molecule has 138 valence electrons. The molecule has 0 saturated heterocycles. The number of ether oxygens (including phenoxy) is 1. The maximum Gasteiger partial charge on any atom is 0.307 e. The van der Waals surface area contributed by atoms with Gasteiger partial charge in [0.25, 0.3) is 0 Å². The molecule has 0 spiro atoms. The molecule has 0 aliphatic rings. The van der Waals surface area contributed by atoms with Crippen LogP contribution < -0.4 is 12.4 Å². The van der Waals surface area contributed by atoms with E-state index < -0.39 is 12.1 Å². The summed E-state index contributed by atoms with van der Waals surface area (Å²) in [4.78, 5) is 22.7. The minimum atomic E-state index is -0.929. The Balaban J connectivity index is 0.